The highest BCUT2D eigenvalue weighted by Gasteiger charge is 2.25. The summed E-state index contributed by atoms with van der Waals surface area (Å²) in [6, 6.07) is 10.9. The molecule has 0 radical (unpaired) electrons. The van der Waals surface area contributed by atoms with E-state index < -0.39 is 0 Å². The fourth-order valence-electron chi connectivity index (χ4n) is 5.27. The number of amides is 1. The van der Waals surface area contributed by atoms with Gasteiger partial charge in [-0.05, 0) is 86.1 Å². The predicted octanol–water partition coefficient (Wildman–Crippen LogP) is 4.36. The van der Waals surface area contributed by atoms with Crippen molar-refractivity contribution < 1.29 is 19.0 Å². The van der Waals surface area contributed by atoms with Crippen LogP contribution >= 0.6 is 24.8 Å². The average molecular weight is 526 g/mol. The number of methoxy groups -OCH3 is 3. The minimum atomic E-state index is 0. The molecular formula is C27H38Cl2N2O4. The number of carbonyl (C=O) groups excluding carboxylic acids is 1. The maximum atomic E-state index is 12.9. The number of carbonyl (C=O) groups is 1. The number of fused-ring (bicyclic) bond motifs is 2. The fraction of sp³-hybridized carbons (Fsp3) is 0.519. The Morgan fingerprint density at radius 2 is 1.63 bits per heavy atom. The largest absolute Gasteiger partial charge is 0.496 e. The molecule has 6 nitrogen and oxygen atoms in total. The van der Waals surface area contributed by atoms with Gasteiger partial charge in [0.25, 0.3) is 0 Å². The number of rotatable bonds is 8. The summed E-state index contributed by atoms with van der Waals surface area (Å²) in [6.45, 7) is 2.53. The Balaban J connectivity index is 0.00000216. The summed E-state index contributed by atoms with van der Waals surface area (Å²) >= 11 is 0. The predicted molar refractivity (Wildman–Crippen MR) is 144 cm³/mol. The average Bonchev–Trinajstić information content (AvgIpc) is 2.99. The standard InChI is InChI=1S/C27H36N2O4.2ClH/c1-28(22-9-10-23-20(15-22)7-5-8-24(23)31-2)12-6-13-29-14-11-19-16-25(32-3)26(33-4)17-21(19)18-27(29)30;;/h5,7-8,16-17,22H,6,9-15,18H2,1-4H3;2*1H. The van der Waals surface area contributed by atoms with E-state index in [0.717, 1.165) is 68.8 Å². The first-order valence-electron chi connectivity index (χ1n) is 11.9. The third-order valence-corrected chi connectivity index (χ3v) is 7.25. The lowest BCUT2D eigenvalue weighted by molar-refractivity contribution is -0.130. The highest BCUT2D eigenvalue weighted by molar-refractivity contribution is 5.85. The van der Waals surface area contributed by atoms with Crippen molar-refractivity contribution >= 4 is 30.7 Å². The molecule has 0 fully saturated rings. The third-order valence-electron chi connectivity index (χ3n) is 7.25. The van der Waals surface area contributed by atoms with Crippen molar-refractivity contribution in [1.29, 1.82) is 0 Å². The molecule has 35 heavy (non-hydrogen) atoms. The van der Waals surface area contributed by atoms with Crippen molar-refractivity contribution in [2.75, 3.05) is 48.0 Å². The third kappa shape index (κ3) is 6.54. The summed E-state index contributed by atoms with van der Waals surface area (Å²) < 4.78 is 16.4. The number of ether oxygens (including phenoxy) is 3. The second kappa shape index (κ2) is 13.2. The van der Waals surface area contributed by atoms with Crippen LogP contribution in [0.5, 0.6) is 17.2 Å². The van der Waals surface area contributed by atoms with Crippen molar-refractivity contribution in [3.05, 3.63) is 52.6 Å². The zero-order valence-electron chi connectivity index (χ0n) is 21.2. The first-order valence-corrected chi connectivity index (χ1v) is 11.9. The summed E-state index contributed by atoms with van der Waals surface area (Å²) in [5, 5.41) is 0. The number of halogens is 2. The number of likely N-dealkylation sites (N-methyl/N-ethyl adjacent to an activating group) is 1. The Kier molecular flexibility index (Phi) is 11.0. The van der Waals surface area contributed by atoms with Crippen LogP contribution in [0.15, 0.2) is 30.3 Å². The molecule has 1 amide bonds. The molecule has 0 N–H and O–H groups in total. The summed E-state index contributed by atoms with van der Waals surface area (Å²) in [7, 11) is 7.25. The molecule has 1 aliphatic carbocycles. The minimum Gasteiger partial charge on any atom is -0.496 e. The molecule has 2 aromatic rings. The van der Waals surface area contributed by atoms with E-state index in [1.165, 1.54) is 16.7 Å². The van der Waals surface area contributed by atoms with Gasteiger partial charge in [0.15, 0.2) is 11.5 Å². The molecular weight excluding hydrogens is 487 g/mol. The van der Waals surface area contributed by atoms with E-state index in [4.69, 9.17) is 14.2 Å². The highest BCUT2D eigenvalue weighted by Crippen LogP contribution is 2.33. The lowest BCUT2D eigenvalue weighted by Crippen LogP contribution is -2.39. The van der Waals surface area contributed by atoms with E-state index in [-0.39, 0.29) is 30.7 Å². The smallest absolute Gasteiger partial charge is 0.227 e. The molecule has 0 bridgehead atoms. The first-order chi connectivity index (χ1) is 16.0. The van der Waals surface area contributed by atoms with E-state index in [1.54, 1.807) is 21.3 Å². The van der Waals surface area contributed by atoms with Crippen LogP contribution in [0, 0.1) is 0 Å². The SMILES string of the molecule is COc1cc2c(cc1OC)CC(=O)N(CCCN(C)C1CCc3c(cccc3OC)C1)CC2.Cl.Cl. The Morgan fingerprint density at radius 1 is 0.943 bits per heavy atom. The number of hydrogen-bond acceptors (Lipinski definition) is 5. The molecule has 1 heterocycles. The van der Waals surface area contributed by atoms with Gasteiger partial charge in [0.05, 0.1) is 27.8 Å². The van der Waals surface area contributed by atoms with Gasteiger partial charge in [-0.3, -0.25) is 4.79 Å². The minimum absolute atomic E-state index is 0. The van der Waals surface area contributed by atoms with E-state index in [2.05, 4.69) is 30.1 Å². The van der Waals surface area contributed by atoms with Crippen LogP contribution in [0.1, 0.15) is 35.1 Å². The lowest BCUT2D eigenvalue weighted by atomic mass is 9.87. The summed E-state index contributed by atoms with van der Waals surface area (Å²) in [4.78, 5) is 17.4. The monoisotopic (exact) mass is 524 g/mol. The molecule has 2 aromatic carbocycles. The zero-order chi connectivity index (χ0) is 23.4. The Bertz CT molecular complexity index is 1000. The molecule has 0 aromatic heterocycles. The molecule has 1 atom stereocenters. The topological polar surface area (TPSA) is 51.2 Å². The zero-order valence-corrected chi connectivity index (χ0v) is 22.8. The van der Waals surface area contributed by atoms with E-state index in [1.807, 2.05) is 17.0 Å². The Labute approximate surface area is 221 Å². The quantitative estimate of drug-likeness (QED) is 0.513. The van der Waals surface area contributed by atoms with Gasteiger partial charge in [-0.25, -0.2) is 0 Å². The van der Waals surface area contributed by atoms with Gasteiger partial charge in [0, 0.05) is 19.1 Å². The molecule has 1 aliphatic heterocycles. The van der Waals surface area contributed by atoms with Crippen LogP contribution in [0.2, 0.25) is 0 Å². The van der Waals surface area contributed by atoms with Crippen LogP contribution < -0.4 is 14.2 Å². The van der Waals surface area contributed by atoms with Crippen LogP contribution in [-0.2, 0) is 30.5 Å². The van der Waals surface area contributed by atoms with Gasteiger partial charge in [-0.1, -0.05) is 12.1 Å². The van der Waals surface area contributed by atoms with Crippen LogP contribution in [0.3, 0.4) is 0 Å². The van der Waals surface area contributed by atoms with E-state index in [0.29, 0.717) is 18.2 Å². The molecule has 2 aliphatic rings. The maximum absolute atomic E-state index is 12.9. The van der Waals surface area contributed by atoms with Gasteiger partial charge >= 0.3 is 0 Å². The number of benzene rings is 2. The second-order valence-corrected chi connectivity index (χ2v) is 9.11. The second-order valence-electron chi connectivity index (χ2n) is 9.11. The number of nitrogens with zero attached hydrogens (tertiary/aromatic N) is 2. The fourth-order valence-corrected chi connectivity index (χ4v) is 5.27. The lowest BCUT2D eigenvalue weighted by Gasteiger charge is -2.33. The Hall–Kier alpha value is -2.15. The van der Waals surface area contributed by atoms with Gasteiger partial charge in [-0.15, -0.1) is 24.8 Å². The maximum Gasteiger partial charge on any atom is 0.227 e. The molecule has 194 valence electrons. The molecule has 4 rings (SSSR count). The van der Waals surface area contributed by atoms with Crippen LogP contribution in [0.4, 0.5) is 0 Å². The van der Waals surface area contributed by atoms with E-state index >= 15 is 0 Å². The van der Waals surface area contributed by atoms with Gasteiger partial charge in [-0.2, -0.15) is 0 Å². The molecule has 0 spiro atoms. The summed E-state index contributed by atoms with van der Waals surface area (Å²) in [5.74, 6) is 2.63. The van der Waals surface area contributed by atoms with Gasteiger partial charge in [0.2, 0.25) is 5.91 Å². The Morgan fingerprint density at radius 3 is 2.31 bits per heavy atom. The van der Waals surface area contributed by atoms with Crippen LogP contribution in [-0.4, -0.2) is 69.8 Å². The molecule has 0 saturated carbocycles. The first kappa shape index (κ1) is 29.1. The van der Waals surface area contributed by atoms with E-state index in [9.17, 15) is 4.79 Å². The van der Waals surface area contributed by atoms with Crippen molar-refractivity contribution in [1.82, 2.24) is 9.80 Å². The summed E-state index contributed by atoms with van der Waals surface area (Å²) in [5.41, 5.74) is 5.00. The molecule has 0 saturated heterocycles. The van der Waals surface area contributed by atoms with Gasteiger partial charge < -0.3 is 24.0 Å². The van der Waals surface area contributed by atoms with Crippen molar-refractivity contribution in [2.24, 2.45) is 0 Å². The molecule has 1 unspecified atom stereocenters. The van der Waals surface area contributed by atoms with Crippen molar-refractivity contribution in [2.45, 2.75) is 44.6 Å². The van der Waals surface area contributed by atoms with Gasteiger partial charge in [0.1, 0.15) is 5.75 Å². The normalized spacial score (nSPS) is 16.9. The van der Waals surface area contributed by atoms with Crippen molar-refractivity contribution in [3.8, 4) is 17.2 Å². The van der Waals surface area contributed by atoms with Crippen molar-refractivity contribution in [3.63, 3.8) is 0 Å². The summed E-state index contributed by atoms with van der Waals surface area (Å²) in [6.07, 6.45) is 5.51. The number of hydrogen-bond donors (Lipinski definition) is 0. The molecule has 8 heteroatoms. The van der Waals surface area contributed by atoms with Crippen LogP contribution in [0.25, 0.3) is 0 Å². The highest BCUT2D eigenvalue weighted by atomic mass is 35.5.